The van der Waals surface area contributed by atoms with Crippen LogP contribution >= 0.6 is 0 Å². The molecule has 2 fully saturated rings. The van der Waals surface area contributed by atoms with Gasteiger partial charge in [0.15, 0.2) is 5.96 Å². The third kappa shape index (κ3) is 4.84. The first-order valence-corrected chi connectivity index (χ1v) is 10.9. The molecule has 0 spiro atoms. The zero-order chi connectivity index (χ0) is 19.2. The molecule has 2 saturated heterocycles. The van der Waals surface area contributed by atoms with Gasteiger partial charge in [-0.25, -0.2) is 0 Å². The molecule has 1 aromatic rings. The maximum Gasteiger partial charge on any atom is 0.193 e. The molecule has 6 nitrogen and oxygen atoms in total. The lowest BCUT2D eigenvalue weighted by Gasteiger charge is -2.29. The SMILES string of the molecule is CCc1nn(C)c(CC)c1CNC(=NC)N1CCC(CN2CCCCC2)C1. The molecule has 0 aromatic carbocycles. The maximum absolute atomic E-state index is 4.70. The summed E-state index contributed by atoms with van der Waals surface area (Å²) in [5.41, 5.74) is 3.90. The van der Waals surface area contributed by atoms with Gasteiger partial charge in [-0.2, -0.15) is 5.10 Å². The molecule has 152 valence electrons. The molecule has 6 heteroatoms. The summed E-state index contributed by atoms with van der Waals surface area (Å²) in [5, 5.41) is 8.32. The van der Waals surface area contributed by atoms with E-state index in [-0.39, 0.29) is 0 Å². The van der Waals surface area contributed by atoms with Gasteiger partial charge in [-0.05, 0) is 51.1 Å². The standard InChI is InChI=1S/C21H38N6/c1-5-19-18(20(6-2)25(4)24-19)14-23-21(22-3)27-13-10-17(16-27)15-26-11-8-7-9-12-26/h17H,5-16H2,1-4H3,(H,22,23). The van der Waals surface area contributed by atoms with Gasteiger partial charge in [-0.1, -0.05) is 20.3 Å². The number of piperidine rings is 1. The fourth-order valence-corrected chi connectivity index (χ4v) is 4.77. The lowest BCUT2D eigenvalue weighted by Crippen LogP contribution is -2.41. The van der Waals surface area contributed by atoms with Crippen molar-refractivity contribution in [3.05, 3.63) is 17.0 Å². The highest BCUT2D eigenvalue weighted by Gasteiger charge is 2.27. The first kappa shape index (κ1) is 20.2. The van der Waals surface area contributed by atoms with Gasteiger partial charge < -0.3 is 15.1 Å². The summed E-state index contributed by atoms with van der Waals surface area (Å²) in [6, 6.07) is 0. The largest absolute Gasteiger partial charge is 0.352 e. The molecule has 0 saturated carbocycles. The van der Waals surface area contributed by atoms with Gasteiger partial charge in [0.2, 0.25) is 0 Å². The minimum absolute atomic E-state index is 0.775. The van der Waals surface area contributed by atoms with Gasteiger partial charge in [-0.15, -0.1) is 0 Å². The number of hydrogen-bond donors (Lipinski definition) is 1. The van der Waals surface area contributed by atoms with Crippen molar-refractivity contribution in [2.75, 3.05) is 39.8 Å². The van der Waals surface area contributed by atoms with Crippen LogP contribution in [0.1, 0.15) is 56.5 Å². The van der Waals surface area contributed by atoms with Crippen LogP contribution in [-0.2, 0) is 26.4 Å². The minimum atomic E-state index is 0.775. The summed E-state index contributed by atoms with van der Waals surface area (Å²) in [5.74, 6) is 1.82. The number of aryl methyl sites for hydroxylation is 2. The van der Waals surface area contributed by atoms with Crippen LogP contribution < -0.4 is 5.32 Å². The predicted octanol–water partition coefficient (Wildman–Crippen LogP) is 2.43. The fraction of sp³-hybridized carbons (Fsp3) is 0.810. The number of nitrogens with zero attached hydrogens (tertiary/aromatic N) is 5. The van der Waals surface area contributed by atoms with Gasteiger partial charge in [0, 0.05) is 51.5 Å². The van der Waals surface area contributed by atoms with Crippen molar-refractivity contribution >= 4 is 5.96 Å². The van der Waals surface area contributed by atoms with Crippen LogP contribution in [0.5, 0.6) is 0 Å². The molecule has 3 rings (SSSR count). The molecule has 1 aromatic heterocycles. The molecule has 2 aliphatic rings. The lowest BCUT2D eigenvalue weighted by molar-refractivity contribution is 0.198. The number of nitrogens with one attached hydrogen (secondary N) is 1. The normalized spacial score (nSPS) is 21.9. The van der Waals surface area contributed by atoms with E-state index >= 15 is 0 Å². The summed E-state index contributed by atoms with van der Waals surface area (Å²) in [7, 11) is 3.97. The Labute approximate surface area is 165 Å². The highest BCUT2D eigenvalue weighted by molar-refractivity contribution is 5.80. The Morgan fingerprint density at radius 1 is 1.15 bits per heavy atom. The third-order valence-corrected chi connectivity index (χ3v) is 6.21. The molecule has 1 N–H and O–H groups in total. The molecule has 1 unspecified atom stereocenters. The van der Waals surface area contributed by atoms with Crippen molar-refractivity contribution < 1.29 is 0 Å². The highest BCUT2D eigenvalue weighted by Crippen LogP contribution is 2.20. The summed E-state index contributed by atoms with van der Waals surface area (Å²) >= 11 is 0. The second-order valence-corrected chi connectivity index (χ2v) is 8.07. The molecular formula is C21H38N6. The van der Waals surface area contributed by atoms with E-state index in [1.807, 2.05) is 11.7 Å². The molecular weight excluding hydrogens is 336 g/mol. The van der Waals surface area contributed by atoms with Crippen molar-refractivity contribution in [1.82, 2.24) is 24.9 Å². The van der Waals surface area contributed by atoms with Crippen LogP contribution in [-0.4, -0.2) is 65.3 Å². The molecule has 0 radical (unpaired) electrons. The van der Waals surface area contributed by atoms with Crippen LogP contribution in [0.3, 0.4) is 0 Å². The molecule has 2 aliphatic heterocycles. The lowest BCUT2D eigenvalue weighted by atomic mass is 10.1. The van der Waals surface area contributed by atoms with Gasteiger partial charge >= 0.3 is 0 Å². The monoisotopic (exact) mass is 374 g/mol. The minimum Gasteiger partial charge on any atom is -0.352 e. The van der Waals surface area contributed by atoms with E-state index in [4.69, 9.17) is 5.10 Å². The van der Waals surface area contributed by atoms with E-state index in [9.17, 15) is 0 Å². The Morgan fingerprint density at radius 2 is 1.93 bits per heavy atom. The first-order valence-electron chi connectivity index (χ1n) is 10.9. The van der Waals surface area contributed by atoms with Gasteiger partial charge in [-0.3, -0.25) is 9.67 Å². The summed E-state index contributed by atoms with van der Waals surface area (Å²) in [6.07, 6.45) is 7.45. The number of guanidine groups is 1. The van der Waals surface area contributed by atoms with E-state index in [2.05, 4.69) is 41.0 Å². The zero-order valence-corrected chi connectivity index (χ0v) is 17.8. The van der Waals surface area contributed by atoms with Crippen molar-refractivity contribution in [1.29, 1.82) is 0 Å². The highest BCUT2D eigenvalue weighted by atomic mass is 15.3. The Kier molecular flexibility index (Phi) is 7.16. The average molecular weight is 375 g/mol. The second kappa shape index (κ2) is 9.58. The third-order valence-electron chi connectivity index (χ3n) is 6.21. The molecule has 0 amide bonds. The van der Waals surface area contributed by atoms with Crippen LogP contribution in [0.15, 0.2) is 4.99 Å². The number of aromatic nitrogens is 2. The van der Waals surface area contributed by atoms with Crippen LogP contribution in [0.2, 0.25) is 0 Å². The number of aliphatic imine (C=N–C) groups is 1. The summed E-state index contributed by atoms with van der Waals surface area (Å²) in [4.78, 5) is 9.69. The quantitative estimate of drug-likeness (QED) is 0.614. The van der Waals surface area contributed by atoms with E-state index in [1.165, 1.54) is 62.3 Å². The van der Waals surface area contributed by atoms with Crippen molar-refractivity contribution in [3.8, 4) is 0 Å². The Hall–Kier alpha value is -1.56. The molecule has 1 atom stereocenters. The summed E-state index contributed by atoms with van der Waals surface area (Å²) < 4.78 is 2.04. The van der Waals surface area contributed by atoms with Gasteiger partial charge in [0.1, 0.15) is 0 Å². The van der Waals surface area contributed by atoms with Crippen molar-refractivity contribution in [3.63, 3.8) is 0 Å². The molecule has 0 bridgehead atoms. The molecule has 0 aliphatic carbocycles. The zero-order valence-electron chi connectivity index (χ0n) is 17.8. The number of likely N-dealkylation sites (tertiary alicyclic amines) is 2. The number of hydrogen-bond acceptors (Lipinski definition) is 3. The average Bonchev–Trinajstić information content (AvgIpc) is 3.27. The van der Waals surface area contributed by atoms with Crippen molar-refractivity contribution in [2.45, 2.75) is 58.9 Å². The maximum atomic E-state index is 4.70. The molecule has 27 heavy (non-hydrogen) atoms. The van der Waals surface area contributed by atoms with E-state index in [0.717, 1.165) is 44.4 Å². The number of rotatable bonds is 6. The van der Waals surface area contributed by atoms with Gasteiger partial charge in [0.05, 0.1) is 5.69 Å². The Morgan fingerprint density at radius 3 is 2.59 bits per heavy atom. The first-order chi connectivity index (χ1) is 13.2. The van der Waals surface area contributed by atoms with E-state index < -0.39 is 0 Å². The topological polar surface area (TPSA) is 48.7 Å². The van der Waals surface area contributed by atoms with E-state index in [0.29, 0.717) is 0 Å². The summed E-state index contributed by atoms with van der Waals surface area (Å²) in [6.45, 7) is 11.3. The van der Waals surface area contributed by atoms with Crippen LogP contribution in [0.25, 0.3) is 0 Å². The second-order valence-electron chi connectivity index (χ2n) is 8.07. The van der Waals surface area contributed by atoms with E-state index in [1.54, 1.807) is 0 Å². The van der Waals surface area contributed by atoms with Crippen LogP contribution in [0, 0.1) is 5.92 Å². The predicted molar refractivity (Wildman–Crippen MR) is 112 cm³/mol. The Balaban J connectivity index is 1.55. The van der Waals surface area contributed by atoms with Crippen LogP contribution in [0.4, 0.5) is 0 Å². The van der Waals surface area contributed by atoms with Gasteiger partial charge in [0.25, 0.3) is 0 Å². The smallest absolute Gasteiger partial charge is 0.193 e. The Bertz CT molecular complexity index is 629. The fourth-order valence-electron chi connectivity index (χ4n) is 4.77. The van der Waals surface area contributed by atoms with Crippen molar-refractivity contribution in [2.24, 2.45) is 18.0 Å². The molecule has 3 heterocycles.